The van der Waals surface area contributed by atoms with Gasteiger partial charge in [0.05, 0.1) is 18.3 Å². The zero-order valence-electron chi connectivity index (χ0n) is 15.9. The topological polar surface area (TPSA) is 88.7 Å². The first-order valence-corrected chi connectivity index (χ1v) is 9.35. The molecule has 1 aliphatic heterocycles. The number of amides is 2. The summed E-state index contributed by atoms with van der Waals surface area (Å²) in [4.78, 5) is 23.3. The van der Waals surface area contributed by atoms with Gasteiger partial charge < -0.3 is 25.4 Å². The van der Waals surface area contributed by atoms with Gasteiger partial charge in [0.25, 0.3) is 0 Å². The van der Waals surface area contributed by atoms with Crippen LogP contribution in [0, 0.1) is 0 Å². The van der Waals surface area contributed by atoms with E-state index >= 15 is 0 Å². The van der Waals surface area contributed by atoms with Crippen LogP contribution < -0.4 is 20.7 Å². The molecule has 28 heavy (non-hydrogen) atoms. The first kappa shape index (κ1) is 19.7. The van der Waals surface area contributed by atoms with Crippen molar-refractivity contribution in [3.05, 3.63) is 48.5 Å². The lowest BCUT2D eigenvalue weighted by Crippen LogP contribution is -2.22. The van der Waals surface area contributed by atoms with Crippen molar-refractivity contribution in [2.45, 2.75) is 25.9 Å². The van der Waals surface area contributed by atoms with Crippen LogP contribution in [0.2, 0.25) is 0 Å². The smallest absolute Gasteiger partial charge is 0.243 e. The zero-order chi connectivity index (χ0) is 19.8. The Labute approximate surface area is 164 Å². The number of carbonyl (C=O) groups excluding carboxylic acids is 2. The van der Waals surface area contributed by atoms with E-state index in [1.165, 1.54) is 6.92 Å². The normalized spacial score (nSPS) is 15.7. The van der Waals surface area contributed by atoms with Crippen LogP contribution in [0.25, 0.3) is 0 Å². The van der Waals surface area contributed by atoms with Gasteiger partial charge in [-0.15, -0.1) is 0 Å². The zero-order valence-corrected chi connectivity index (χ0v) is 15.9. The fourth-order valence-corrected chi connectivity index (χ4v) is 2.92. The molecule has 1 heterocycles. The first-order chi connectivity index (χ1) is 13.6. The van der Waals surface area contributed by atoms with Gasteiger partial charge in [-0.25, -0.2) is 0 Å². The van der Waals surface area contributed by atoms with Gasteiger partial charge in [0, 0.05) is 24.9 Å². The minimum Gasteiger partial charge on any atom is -0.489 e. The van der Waals surface area contributed by atoms with Gasteiger partial charge in [-0.3, -0.25) is 9.59 Å². The Morgan fingerprint density at radius 3 is 2.46 bits per heavy atom. The van der Waals surface area contributed by atoms with Crippen molar-refractivity contribution in [1.29, 1.82) is 0 Å². The molecule has 0 saturated carbocycles. The molecule has 0 spiro atoms. The van der Waals surface area contributed by atoms with E-state index in [1.807, 2.05) is 24.3 Å². The van der Waals surface area contributed by atoms with Crippen LogP contribution in [0.1, 0.15) is 19.8 Å². The van der Waals surface area contributed by atoms with Gasteiger partial charge in [-0.2, -0.15) is 0 Å². The van der Waals surface area contributed by atoms with Crippen molar-refractivity contribution in [1.82, 2.24) is 0 Å². The second-order valence-electron chi connectivity index (χ2n) is 6.60. The largest absolute Gasteiger partial charge is 0.489 e. The maximum Gasteiger partial charge on any atom is 0.243 e. The fraction of sp³-hybridized carbons (Fsp3) is 0.333. The van der Waals surface area contributed by atoms with Crippen LogP contribution in [0.4, 0.5) is 17.1 Å². The number of benzene rings is 2. The third-order valence-electron chi connectivity index (χ3n) is 4.26. The predicted molar refractivity (Wildman–Crippen MR) is 109 cm³/mol. The Morgan fingerprint density at radius 2 is 1.79 bits per heavy atom. The molecule has 0 aliphatic carbocycles. The van der Waals surface area contributed by atoms with Crippen LogP contribution in [0.15, 0.2) is 48.5 Å². The Bertz CT molecular complexity index is 802. The fourth-order valence-electron chi connectivity index (χ4n) is 2.92. The molecule has 3 rings (SSSR count). The number of para-hydroxylation sites is 2. The van der Waals surface area contributed by atoms with Crippen molar-refractivity contribution in [2.24, 2.45) is 0 Å². The number of nitrogens with one attached hydrogen (secondary N) is 3. The molecule has 2 amide bonds. The lowest BCUT2D eigenvalue weighted by molar-refractivity contribution is -0.115. The molecule has 3 N–H and O–H groups in total. The molecule has 7 heteroatoms. The summed E-state index contributed by atoms with van der Waals surface area (Å²) in [5, 5.41) is 8.61. The summed E-state index contributed by atoms with van der Waals surface area (Å²) in [5.41, 5.74) is 2.10. The molecular weight excluding hydrogens is 358 g/mol. The van der Waals surface area contributed by atoms with Crippen LogP contribution in [-0.4, -0.2) is 37.7 Å². The average Bonchev–Trinajstić information content (AvgIpc) is 3.20. The average molecular weight is 383 g/mol. The maximum atomic E-state index is 12.2. The van der Waals surface area contributed by atoms with Crippen LogP contribution in [-0.2, 0) is 14.3 Å². The van der Waals surface area contributed by atoms with E-state index in [4.69, 9.17) is 9.47 Å². The number of anilines is 3. The van der Waals surface area contributed by atoms with Crippen molar-refractivity contribution >= 4 is 28.9 Å². The van der Waals surface area contributed by atoms with Crippen molar-refractivity contribution < 1.29 is 19.1 Å². The molecule has 1 saturated heterocycles. The van der Waals surface area contributed by atoms with E-state index in [-0.39, 0.29) is 24.5 Å². The summed E-state index contributed by atoms with van der Waals surface area (Å²) < 4.78 is 11.4. The van der Waals surface area contributed by atoms with Crippen molar-refractivity contribution in [3.8, 4) is 5.75 Å². The van der Waals surface area contributed by atoms with E-state index in [1.54, 1.807) is 24.3 Å². The van der Waals surface area contributed by atoms with Crippen LogP contribution >= 0.6 is 0 Å². The number of carbonyl (C=O) groups is 2. The van der Waals surface area contributed by atoms with Gasteiger partial charge in [-0.1, -0.05) is 12.1 Å². The highest BCUT2D eigenvalue weighted by Gasteiger charge is 2.16. The lowest BCUT2D eigenvalue weighted by Gasteiger charge is -2.15. The summed E-state index contributed by atoms with van der Waals surface area (Å²) in [5.74, 6) is 0.382. The summed E-state index contributed by atoms with van der Waals surface area (Å²) in [7, 11) is 0. The summed E-state index contributed by atoms with van der Waals surface area (Å²) in [6.45, 7) is 2.85. The number of hydrogen-bond acceptors (Lipinski definition) is 5. The Morgan fingerprint density at radius 1 is 1.07 bits per heavy atom. The Hall–Kier alpha value is -3.06. The molecule has 1 atom stereocenters. The molecule has 0 radical (unpaired) electrons. The molecule has 7 nitrogen and oxygen atoms in total. The lowest BCUT2D eigenvalue weighted by atomic mass is 10.2. The predicted octanol–water partition coefficient (Wildman–Crippen LogP) is 3.25. The second kappa shape index (κ2) is 9.75. The number of hydrogen-bond donors (Lipinski definition) is 3. The maximum absolute atomic E-state index is 12.2. The molecule has 2 aromatic rings. The third kappa shape index (κ3) is 5.99. The van der Waals surface area contributed by atoms with E-state index in [0.29, 0.717) is 23.7 Å². The van der Waals surface area contributed by atoms with Crippen molar-refractivity contribution in [2.75, 3.05) is 35.7 Å². The Kier molecular flexibility index (Phi) is 6.86. The highest BCUT2D eigenvalue weighted by molar-refractivity contribution is 5.94. The molecule has 148 valence electrons. The quantitative estimate of drug-likeness (QED) is 0.651. The van der Waals surface area contributed by atoms with Gasteiger partial charge >= 0.3 is 0 Å². The summed E-state index contributed by atoms with van der Waals surface area (Å²) in [6.07, 6.45) is 2.22. The molecular formula is C21H25N3O4. The monoisotopic (exact) mass is 383 g/mol. The van der Waals surface area contributed by atoms with Gasteiger partial charge in [0.15, 0.2) is 0 Å². The van der Waals surface area contributed by atoms with E-state index in [9.17, 15) is 9.59 Å². The van der Waals surface area contributed by atoms with Crippen molar-refractivity contribution in [3.63, 3.8) is 0 Å². The molecule has 1 unspecified atom stereocenters. The molecule has 0 aromatic heterocycles. The molecule has 1 aliphatic rings. The standard InChI is InChI=1S/C21H25N3O4/c1-15(25)23-16-8-10-17(11-9-16)24-21(26)13-22-19-6-2-3-7-20(19)28-14-18-5-4-12-27-18/h2-3,6-11,18,22H,4-5,12-14H2,1H3,(H,23,25)(H,24,26). The number of ether oxygens (including phenoxy) is 2. The Balaban J connectivity index is 1.49. The minimum atomic E-state index is -0.179. The SMILES string of the molecule is CC(=O)Nc1ccc(NC(=O)CNc2ccccc2OCC2CCCO2)cc1. The van der Waals surface area contributed by atoms with Crippen LogP contribution in [0.3, 0.4) is 0 Å². The third-order valence-corrected chi connectivity index (χ3v) is 4.26. The van der Waals surface area contributed by atoms with Crippen LogP contribution in [0.5, 0.6) is 5.75 Å². The van der Waals surface area contributed by atoms with Gasteiger partial charge in [-0.05, 0) is 49.2 Å². The molecule has 1 fully saturated rings. The van der Waals surface area contributed by atoms with E-state index in [2.05, 4.69) is 16.0 Å². The highest BCUT2D eigenvalue weighted by Crippen LogP contribution is 2.25. The molecule has 0 bridgehead atoms. The first-order valence-electron chi connectivity index (χ1n) is 9.35. The van der Waals surface area contributed by atoms with Gasteiger partial charge in [0.1, 0.15) is 12.4 Å². The molecule has 2 aromatic carbocycles. The second-order valence-corrected chi connectivity index (χ2v) is 6.60. The van der Waals surface area contributed by atoms with E-state index in [0.717, 1.165) is 25.1 Å². The number of rotatable bonds is 8. The minimum absolute atomic E-state index is 0.105. The highest BCUT2D eigenvalue weighted by atomic mass is 16.5. The van der Waals surface area contributed by atoms with E-state index < -0.39 is 0 Å². The van der Waals surface area contributed by atoms with Gasteiger partial charge in [0.2, 0.25) is 11.8 Å². The summed E-state index contributed by atoms with van der Waals surface area (Å²) >= 11 is 0. The summed E-state index contributed by atoms with van der Waals surface area (Å²) in [6, 6.07) is 14.5.